The van der Waals surface area contributed by atoms with Crippen molar-refractivity contribution in [3.8, 4) is 0 Å². The second-order valence-electron chi connectivity index (χ2n) is 22.3. The van der Waals surface area contributed by atoms with Gasteiger partial charge in [-0.2, -0.15) is 0 Å². The van der Waals surface area contributed by atoms with Crippen molar-refractivity contribution < 1.29 is 28.6 Å². The minimum atomic E-state index is -0.805. The summed E-state index contributed by atoms with van der Waals surface area (Å²) >= 11 is 0. The summed E-state index contributed by atoms with van der Waals surface area (Å²) < 4.78 is 16.9. The first kappa shape index (κ1) is 78.3. The fourth-order valence-electron chi connectivity index (χ4n) is 9.17. The molecule has 0 aliphatic carbocycles. The third-order valence-corrected chi connectivity index (χ3v) is 14.3. The zero-order chi connectivity index (χ0) is 59.9. The normalized spacial score (nSPS) is 13.0. The standard InChI is InChI=1S/C77H126O6/c1-4-7-10-13-16-19-22-25-28-30-32-34-36-37-38-39-41-42-44-46-49-52-55-58-61-64-67-70-76(79)82-73-74(72-81-75(78)69-66-63-60-57-54-51-48-27-24-21-18-15-12-9-6-3)83-77(80)71-68-65-62-59-56-53-50-47-45-43-40-35-33-31-29-26-23-20-17-14-11-8-5-2/h7,10,16,18-19,21,23,25-28,31-34,37-38,40-43,46,48-49,74H,4-6,8-9,11-15,17,20,22,24,29-30,35-36,39,44-45,47,50-73H2,1-3H3/b10-7-,19-16-,21-18-,26-23-,28-25-,33-31-,34-32-,38-37-,42-41-,43-40-,48-27-,49-46-. The number of carbonyl (C=O) groups is 3. The molecule has 0 saturated heterocycles. The highest BCUT2D eigenvalue weighted by atomic mass is 16.6. The lowest BCUT2D eigenvalue weighted by atomic mass is 10.1. The summed E-state index contributed by atoms with van der Waals surface area (Å²) in [6, 6.07) is 0. The predicted octanol–water partition coefficient (Wildman–Crippen LogP) is 23.9. The molecule has 6 heteroatoms. The van der Waals surface area contributed by atoms with Gasteiger partial charge in [0.15, 0.2) is 6.10 Å². The Morgan fingerprint density at radius 2 is 0.470 bits per heavy atom. The van der Waals surface area contributed by atoms with Gasteiger partial charge in [0.25, 0.3) is 0 Å². The minimum Gasteiger partial charge on any atom is -0.462 e. The van der Waals surface area contributed by atoms with Crippen molar-refractivity contribution in [2.45, 2.75) is 309 Å². The van der Waals surface area contributed by atoms with E-state index in [0.717, 1.165) is 167 Å². The fraction of sp³-hybridized carbons (Fsp3) is 0.649. The molecule has 0 rings (SSSR count). The second-order valence-corrected chi connectivity index (χ2v) is 22.3. The van der Waals surface area contributed by atoms with Crippen LogP contribution in [0.5, 0.6) is 0 Å². The maximum absolute atomic E-state index is 13.0. The number of allylic oxidation sites excluding steroid dienone is 24. The first-order valence-electron chi connectivity index (χ1n) is 34.3. The average molecular weight is 1150 g/mol. The van der Waals surface area contributed by atoms with E-state index < -0.39 is 6.10 Å². The molecule has 0 aromatic rings. The van der Waals surface area contributed by atoms with E-state index in [1.54, 1.807) is 0 Å². The predicted molar refractivity (Wildman–Crippen MR) is 362 cm³/mol. The van der Waals surface area contributed by atoms with Gasteiger partial charge in [0.1, 0.15) is 13.2 Å². The van der Waals surface area contributed by atoms with E-state index in [4.69, 9.17) is 14.2 Å². The SMILES string of the molecule is CC/C=C\C/C=C\C/C=C\C/C=C\C/C=C\C/C=C\C/C=C\CCCCCCCC(=O)OCC(COC(=O)CCCCCCC/C=C\C/C=C\CCCCC)OC(=O)CCCCCCCCCC/C=C\C/C=C\C/C=C\CCCCCCC. The highest BCUT2D eigenvalue weighted by Gasteiger charge is 2.19. The van der Waals surface area contributed by atoms with Crippen LogP contribution in [0, 0.1) is 0 Å². The third kappa shape index (κ3) is 68.0. The number of rotatable bonds is 61. The summed E-state index contributed by atoms with van der Waals surface area (Å²) in [7, 11) is 0. The lowest BCUT2D eigenvalue weighted by Crippen LogP contribution is -2.30. The van der Waals surface area contributed by atoms with Gasteiger partial charge in [-0.3, -0.25) is 14.4 Å². The van der Waals surface area contributed by atoms with Crippen LogP contribution in [-0.2, 0) is 28.6 Å². The van der Waals surface area contributed by atoms with E-state index in [-0.39, 0.29) is 31.1 Å². The van der Waals surface area contributed by atoms with Gasteiger partial charge in [0.05, 0.1) is 0 Å². The molecule has 0 heterocycles. The van der Waals surface area contributed by atoms with Gasteiger partial charge in [-0.05, 0) is 148 Å². The molecule has 0 aliphatic heterocycles. The Morgan fingerprint density at radius 1 is 0.253 bits per heavy atom. The second kappa shape index (κ2) is 69.8. The molecule has 0 spiro atoms. The Hall–Kier alpha value is -4.71. The molecule has 1 unspecified atom stereocenters. The van der Waals surface area contributed by atoms with E-state index in [9.17, 15) is 14.4 Å². The van der Waals surface area contributed by atoms with Crippen LogP contribution in [0.2, 0.25) is 0 Å². The van der Waals surface area contributed by atoms with E-state index in [2.05, 4.69) is 167 Å². The lowest BCUT2D eigenvalue weighted by molar-refractivity contribution is -0.167. The van der Waals surface area contributed by atoms with Crippen molar-refractivity contribution >= 4 is 17.9 Å². The van der Waals surface area contributed by atoms with Crippen LogP contribution in [0.4, 0.5) is 0 Å². The van der Waals surface area contributed by atoms with E-state index >= 15 is 0 Å². The van der Waals surface area contributed by atoms with Crippen molar-refractivity contribution in [3.63, 3.8) is 0 Å². The van der Waals surface area contributed by atoms with E-state index in [1.165, 1.54) is 96.3 Å². The summed E-state index contributed by atoms with van der Waals surface area (Å²) in [5.74, 6) is -0.935. The quantitative estimate of drug-likeness (QED) is 0.0261. The summed E-state index contributed by atoms with van der Waals surface area (Å²) in [4.78, 5) is 38.4. The Balaban J connectivity index is 4.45. The van der Waals surface area contributed by atoms with Crippen LogP contribution >= 0.6 is 0 Å². The lowest BCUT2D eigenvalue weighted by Gasteiger charge is -2.18. The maximum atomic E-state index is 13.0. The Bertz CT molecular complexity index is 1800. The number of esters is 3. The molecule has 0 fully saturated rings. The van der Waals surface area contributed by atoms with Gasteiger partial charge >= 0.3 is 17.9 Å². The number of hydrogen-bond acceptors (Lipinski definition) is 6. The smallest absolute Gasteiger partial charge is 0.306 e. The topological polar surface area (TPSA) is 78.9 Å². The van der Waals surface area contributed by atoms with Crippen LogP contribution in [0.3, 0.4) is 0 Å². The molecule has 470 valence electrons. The average Bonchev–Trinajstić information content (AvgIpc) is 3.49. The van der Waals surface area contributed by atoms with Crippen LogP contribution in [0.1, 0.15) is 303 Å². The van der Waals surface area contributed by atoms with Crippen LogP contribution in [0.25, 0.3) is 0 Å². The third-order valence-electron chi connectivity index (χ3n) is 14.3. The van der Waals surface area contributed by atoms with Crippen molar-refractivity contribution in [1.29, 1.82) is 0 Å². The van der Waals surface area contributed by atoms with Gasteiger partial charge in [-0.15, -0.1) is 0 Å². The van der Waals surface area contributed by atoms with Crippen LogP contribution < -0.4 is 0 Å². The summed E-state index contributed by atoms with van der Waals surface area (Å²) in [6.45, 7) is 6.47. The molecule has 83 heavy (non-hydrogen) atoms. The Kier molecular flexibility index (Phi) is 65.8. The van der Waals surface area contributed by atoms with Crippen molar-refractivity contribution in [2.24, 2.45) is 0 Å². The molecule has 6 nitrogen and oxygen atoms in total. The zero-order valence-corrected chi connectivity index (χ0v) is 53.9. The van der Waals surface area contributed by atoms with E-state index in [1.807, 2.05) is 0 Å². The molecular weight excluding hydrogens is 1020 g/mol. The number of hydrogen-bond donors (Lipinski definition) is 0. The van der Waals surface area contributed by atoms with E-state index in [0.29, 0.717) is 19.3 Å². The van der Waals surface area contributed by atoms with Gasteiger partial charge in [-0.25, -0.2) is 0 Å². The summed E-state index contributed by atoms with van der Waals surface area (Å²) in [5, 5.41) is 0. The molecule has 1 atom stereocenters. The van der Waals surface area contributed by atoms with Gasteiger partial charge in [0.2, 0.25) is 0 Å². The largest absolute Gasteiger partial charge is 0.462 e. The first-order chi connectivity index (χ1) is 41.0. The van der Waals surface area contributed by atoms with Gasteiger partial charge in [0, 0.05) is 19.3 Å². The van der Waals surface area contributed by atoms with Gasteiger partial charge < -0.3 is 14.2 Å². The zero-order valence-electron chi connectivity index (χ0n) is 53.9. The number of unbranched alkanes of at least 4 members (excludes halogenated alkanes) is 26. The molecule has 0 aromatic carbocycles. The monoisotopic (exact) mass is 1150 g/mol. The molecule has 0 saturated carbocycles. The molecule has 0 N–H and O–H groups in total. The summed E-state index contributed by atoms with van der Waals surface area (Å²) in [5.41, 5.74) is 0. The van der Waals surface area contributed by atoms with Crippen LogP contribution in [-0.4, -0.2) is 37.2 Å². The minimum absolute atomic E-state index is 0.0992. The van der Waals surface area contributed by atoms with Crippen molar-refractivity contribution in [1.82, 2.24) is 0 Å². The molecule has 0 bridgehead atoms. The highest BCUT2D eigenvalue weighted by Crippen LogP contribution is 2.15. The number of ether oxygens (including phenoxy) is 3. The molecular formula is C77H126O6. The Labute approximate surface area is 512 Å². The Morgan fingerprint density at radius 3 is 0.759 bits per heavy atom. The summed E-state index contributed by atoms with van der Waals surface area (Å²) in [6.07, 6.45) is 99.9. The molecule has 0 radical (unpaired) electrons. The molecule has 0 aliphatic rings. The van der Waals surface area contributed by atoms with Crippen molar-refractivity contribution in [3.05, 3.63) is 146 Å². The van der Waals surface area contributed by atoms with Gasteiger partial charge in [-0.1, -0.05) is 282 Å². The molecule has 0 aromatic heterocycles. The van der Waals surface area contributed by atoms with Crippen molar-refractivity contribution in [2.75, 3.05) is 13.2 Å². The highest BCUT2D eigenvalue weighted by molar-refractivity contribution is 5.71. The molecule has 0 amide bonds. The first-order valence-corrected chi connectivity index (χ1v) is 34.3. The van der Waals surface area contributed by atoms with Crippen LogP contribution in [0.15, 0.2) is 146 Å². The maximum Gasteiger partial charge on any atom is 0.306 e. The fourth-order valence-corrected chi connectivity index (χ4v) is 9.17. The number of carbonyl (C=O) groups excluding carboxylic acids is 3.